The first kappa shape index (κ1) is 10.1. The van der Waals surface area contributed by atoms with Gasteiger partial charge < -0.3 is 10.4 Å². The van der Waals surface area contributed by atoms with Crippen molar-refractivity contribution in [2.45, 2.75) is 38.3 Å². The number of aromatic amines is 1. The fourth-order valence-corrected chi connectivity index (χ4v) is 1.97. The standard InChI is InChI=1S/C9H14N4O2/c1-9(2)4-3-5(10-9)6-7(8(14)15)12-13-11-6/h5,10H,3-4H2,1-2H3,(H,14,15)(H,11,12,13). The highest BCUT2D eigenvalue weighted by molar-refractivity contribution is 5.86. The third-order valence-corrected chi connectivity index (χ3v) is 2.73. The van der Waals surface area contributed by atoms with Crippen LogP contribution in [0.25, 0.3) is 0 Å². The smallest absolute Gasteiger partial charge is 0.358 e. The summed E-state index contributed by atoms with van der Waals surface area (Å²) in [4.78, 5) is 10.9. The lowest BCUT2D eigenvalue weighted by molar-refractivity contribution is 0.0688. The predicted octanol–water partition coefficient (Wildman–Crippen LogP) is 0.706. The Bertz CT molecular complexity index is 385. The van der Waals surface area contributed by atoms with E-state index in [1.54, 1.807) is 0 Å². The van der Waals surface area contributed by atoms with Crippen LogP contribution in [0.3, 0.4) is 0 Å². The van der Waals surface area contributed by atoms with Crippen LogP contribution in [0.1, 0.15) is 48.9 Å². The van der Waals surface area contributed by atoms with Crippen LogP contribution < -0.4 is 5.32 Å². The molecule has 1 aromatic heterocycles. The SMILES string of the molecule is CC1(C)CCC(c2n[nH]nc2C(=O)O)N1. The number of nitrogens with one attached hydrogen (secondary N) is 2. The summed E-state index contributed by atoms with van der Waals surface area (Å²) in [5.41, 5.74) is 0.567. The van der Waals surface area contributed by atoms with Gasteiger partial charge in [0.2, 0.25) is 0 Å². The number of carbonyl (C=O) groups is 1. The summed E-state index contributed by atoms with van der Waals surface area (Å²) in [5, 5.41) is 22.1. The summed E-state index contributed by atoms with van der Waals surface area (Å²) in [5.74, 6) is -1.04. The first-order chi connectivity index (χ1) is 6.99. The van der Waals surface area contributed by atoms with Crippen LogP contribution in [0.15, 0.2) is 0 Å². The maximum atomic E-state index is 10.9. The van der Waals surface area contributed by atoms with E-state index in [9.17, 15) is 4.79 Å². The van der Waals surface area contributed by atoms with E-state index in [1.807, 2.05) is 0 Å². The van der Waals surface area contributed by atoms with Gasteiger partial charge in [-0.25, -0.2) is 4.79 Å². The van der Waals surface area contributed by atoms with E-state index in [4.69, 9.17) is 5.11 Å². The summed E-state index contributed by atoms with van der Waals surface area (Å²) in [6, 6.07) is -0.00940. The van der Waals surface area contributed by atoms with Crippen LogP contribution in [0.5, 0.6) is 0 Å². The number of carboxylic acids is 1. The number of nitrogens with zero attached hydrogens (tertiary/aromatic N) is 2. The van der Waals surface area contributed by atoms with E-state index < -0.39 is 5.97 Å². The molecule has 6 heteroatoms. The molecule has 15 heavy (non-hydrogen) atoms. The molecule has 0 amide bonds. The monoisotopic (exact) mass is 210 g/mol. The molecule has 0 aromatic carbocycles. The summed E-state index contributed by atoms with van der Waals surface area (Å²) < 4.78 is 0. The van der Waals surface area contributed by atoms with Gasteiger partial charge in [0.1, 0.15) is 5.69 Å². The molecule has 1 aliphatic rings. The lowest BCUT2D eigenvalue weighted by Gasteiger charge is -2.19. The molecule has 1 aliphatic heterocycles. The lowest BCUT2D eigenvalue weighted by Crippen LogP contribution is -2.34. The highest BCUT2D eigenvalue weighted by Gasteiger charge is 2.34. The number of hydrogen-bond donors (Lipinski definition) is 3. The van der Waals surface area contributed by atoms with Crippen molar-refractivity contribution in [1.82, 2.24) is 20.7 Å². The molecule has 1 saturated heterocycles. The molecule has 0 radical (unpaired) electrons. The van der Waals surface area contributed by atoms with Crippen molar-refractivity contribution in [3.8, 4) is 0 Å². The minimum absolute atomic E-state index is 0.00940. The van der Waals surface area contributed by atoms with Gasteiger partial charge in [-0.15, -0.1) is 5.10 Å². The van der Waals surface area contributed by atoms with Crippen LogP contribution in [0, 0.1) is 0 Å². The molecule has 0 saturated carbocycles. The van der Waals surface area contributed by atoms with E-state index in [1.165, 1.54) is 0 Å². The minimum Gasteiger partial charge on any atom is -0.476 e. The van der Waals surface area contributed by atoms with Crippen LogP contribution in [-0.4, -0.2) is 32.0 Å². The summed E-state index contributed by atoms with van der Waals surface area (Å²) in [7, 11) is 0. The Morgan fingerprint density at radius 2 is 2.27 bits per heavy atom. The number of H-pyrrole nitrogens is 1. The molecule has 1 unspecified atom stereocenters. The number of aromatic nitrogens is 3. The molecule has 3 N–H and O–H groups in total. The van der Waals surface area contributed by atoms with Gasteiger partial charge >= 0.3 is 5.97 Å². The Hall–Kier alpha value is -1.43. The summed E-state index contributed by atoms with van der Waals surface area (Å²) in [6.45, 7) is 4.18. The van der Waals surface area contributed by atoms with Crippen molar-refractivity contribution < 1.29 is 9.90 Å². The number of rotatable bonds is 2. The zero-order chi connectivity index (χ0) is 11.1. The maximum absolute atomic E-state index is 10.9. The molecule has 0 aliphatic carbocycles. The second-order valence-corrected chi connectivity index (χ2v) is 4.48. The van der Waals surface area contributed by atoms with Gasteiger partial charge in [-0.05, 0) is 26.7 Å². The van der Waals surface area contributed by atoms with E-state index in [0.717, 1.165) is 12.8 Å². The first-order valence-electron chi connectivity index (χ1n) is 4.91. The van der Waals surface area contributed by atoms with Crippen molar-refractivity contribution in [3.63, 3.8) is 0 Å². The van der Waals surface area contributed by atoms with Crippen molar-refractivity contribution in [1.29, 1.82) is 0 Å². The molecular formula is C9H14N4O2. The second-order valence-electron chi connectivity index (χ2n) is 4.48. The predicted molar refractivity (Wildman–Crippen MR) is 52.5 cm³/mol. The number of aromatic carboxylic acids is 1. The number of carboxylic acid groups (broad SMARTS) is 1. The zero-order valence-corrected chi connectivity index (χ0v) is 8.74. The Kier molecular flexibility index (Phi) is 2.22. The second kappa shape index (κ2) is 3.30. The van der Waals surface area contributed by atoms with Gasteiger partial charge in [-0.2, -0.15) is 10.3 Å². The lowest BCUT2D eigenvalue weighted by atomic mass is 10.0. The topological polar surface area (TPSA) is 90.9 Å². The molecule has 2 heterocycles. The van der Waals surface area contributed by atoms with Crippen molar-refractivity contribution in [3.05, 3.63) is 11.4 Å². The third-order valence-electron chi connectivity index (χ3n) is 2.73. The molecular weight excluding hydrogens is 196 g/mol. The molecule has 0 spiro atoms. The zero-order valence-electron chi connectivity index (χ0n) is 8.74. The summed E-state index contributed by atoms with van der Waals surface area (Å²) in [6.07, 6.45) is 1.89. The number of hydrogen-bond acceptors (Lipinski definition) is 4. The average Bonchev–Trinajstić information content (AvgIpc) is 2.69. The van der Waals surface area contributed by atoms with Crippen molar-refractivity contribution in [2.75, 3.05) is 0 Å². The largest absolute Gasteiger partial charge is 0.476 e. The molecule has 82 valence electrons. The normalized spacial score (nSPS) is 24.3. The average molecular weight is 210 g/mol. The Balaban J connectivity index is 2.24. The van der Waals surface area contributed by atoms with E-state index in [-0.39, 0.29) is 17.3 Å². The van der Waals surface area contributed by atoms with Crippen molar-refractivity contribution >= 4 is 5.97 Å². The van der Waals surface area contributed by atoms with Crippen LogP contribution in [-0.2, 0) is 0 Å². The molecule has 0 bridgehead atoms. The Labute approximate surface area is 87.1 Å². The van der Waals surface area contributed by atoms with E-state index >= 15 is 0 Å². The highest BCUT2D eigenvalue weighted by atomic mass is 16.4. The third kappa shape index (κ3) is 1.85. The van der Waals surface area contributed by atoms with Gasteiger partial charge in [-0.1, -0.05) is 0 Å². The Morgan fingerprint density at radius 1 is 1.53 bits per heavy atom. The van der Waals surface area contributed by atoms with Gasteiger partial charge in [0.15, 0.2) is 5.69 Å². The first-order valence-corrected chi connectivity index (χ1v) is 4.91. The maximum Gasteiger partial charge on any atom is 0.358 e. The fraction of sp³-hybridized carbons (Fsp3) is 0.667. The molecule has 2 rings (SSSR count). The molecule has 1 atom stereocenters. The summed E-state index contributed by atoms with van der Waals surface area (Å²) >= 11 is 0. The Morgan fingerprint density at radius 3 is 2.80 bits per heavy atom. The highest BCUT2D eigenvalue weighted by Crippen LogP contribution is 2.32. The molecule has 1 aromatic rings. The molecule has 6 nitrogen and oxygen atoms in total. The van der Waals surface area contributed by atoms with Crippen LogP contribution in [0.4, 0.5) is 0 Å². The van der Waals surface area contributed by atoms with Gasteiger partial charge in [0, 0.05) is 5.54 Å². The van der Waals surface area contributed by atoms with Crippen molar-refractivity contribution in [2.24, 2.45) is 0 Å². The quantitative estimate of drug-likeness (QED) is 0.668. The molecule has 1 fully saturated rings. The van der Waals surface area contributed by atoms with Gasteiger partial charge in [0.25, 0.3) is 0 Å². The van der Waals surface area contributed by atoms with Gasteiger partial charge in [0.05, 0.1) is 6.04 Å². The van der Waals surface area contributed by atoms with E-state index in [0.29, 0.717) is 5.69 Å². The van der Waals surface area contributed by atoms with E-state index in [2.05, 4.69) is 34.6 Å². The van der Waals surface area contributed by atoms with Crippen LogP contribution >= 0.6 is 0 Å². The minimum atomic E-state index is -1.04. The van der Waals surface area contributed by atoms with Gasteiger partial charge in [-0.3, -0.25) is 0 Å². The fourth-order valence-electron chi connectivity index (χ4n) is 1.97. The van der Waals surface area contributed by atoms with Crippen LogP contribution in [0.2, 0.25) is 0 Å².